The Balaban J connectivity index is 2.05. The second-order valence-corrected chi connectivity index (χ2v) is 5.52. The second-order valence-electron chi connectivity index (χ2n) is 5.08. The summed E-state index contributed by atoms with van der Waals surface area (Å²) in [6, 6.07) is 6.20. The highest BCUT2D eigenvalue weighted by molar-refractivity contribution is 7.80. The third-order valence-electron chi connectivity index (χ3n) is 3.78. The van der Waals surface area contributed by atoms with Crippen LogP contribution in [0, 0.1) is 6.92 Å². The van der Waals surface area contributed by atoms with Gasteiger partial charge in [0.05, 0.1) is 12.0 Å². The quantitative estimate of drug-likeness (QED) is 0.854. The summed E-state index contributed by atoms with van der Waals surface area (Å²) in [6.45, 7) is 2.04. The van der Waals surface area contributed by atoms with Crippen LogP contribution in [0.1, 0.15) is 35.4 Å². The van der Waals surface area contributed by atoms with Crippen LogP contribution in [0.25, 0.3) is 5.69 Å². The van der Waals surface area contributed by atoms with Gasteiger partial charge in [-0.3, -0.25) is 0 Å². The second kappa shape index (κ2) is 4.78. The Bertz CT molecular complexity index is 643. The summed E-state index contributed by atoms with van der Waals surface area (Å²) >= 11 is 5.05. The van der Waals surface area contributed by atoms with Crippen molar-refractivity contribution in [2.75, 3.05) is 0 Å². The van der Waals surface area contributed by atoms with E-state index in [4.69, 9.17) is 18.0 Å². The molecule has 1 aliphatic rings. The zero-order valence-electron chi connectivity index (χ0n) is 11.0. The lowest BCUT2D eigenvalue weighted by Gasteiger charge is -2.15. The van der Waals surface area contributed by atoms with Crippen molar-refractivity contribution in [1.29, 1.82) is 0 Å². The number of hydrogen-bond acceptors (Lipinski definition) is 2. The summed E-state index contributed by atoms with van der Waals surface area (Å²) < 4.78 is 2.20. The molecule has 1 heterocycles. The van der Waals surface area contributed by atoms with Gasteiger partial charge >= 0.3 is 0 Å². The minimum absolute atomic E-state index is 0.455. The summed E-state index contributed by atoms with van der Waals surface area (Å²) in [6.07, 6.45) is 6.66. The van der Waals surface area contributed by atoms with Gasteiger partial charge in [0.2, 0.25) is 0 Å². The first kappa shape index (κ1) is 12.4. The van der Waals surface area contributed by atoms with Gasteiger partial charge in [-0.25, -0.2) is 4.98 Å². The fraction of sp³-hybridized carbons (Fsp3) is 0.333. The first-order valence-corrected chi connectivity index (χ1v) is 7.03. The number of nitrogens with zero attached hydrogens (tertiary/aromatic N) is 2. The molecule has 0 amide bonds. The molecule has 0 aliphatic heterocycles. The van der Waals surface area contributed by atoms with Crippen molar-refractivity contribution >= 4 is 17.2 Å². The molecule has 2 aromatic rings. The Hall–Kier alpha value is -1.68. The van der Waals surface area contributed by atoms with Crippen LogP contribution in [-0.4, -0.2) is 14.5 Å². The summed E-state index contributed by atoms with van der Waals surface area (Å²) in [5.74, 6) is 0. The van der Waals surface area contributed by atoms with Crippen LogP contribution in [-0.2, 0) is 12.8 Å². The number of fused-ring (bicyclic) bond motifs is 1. The van der Waals surface area contributed by atoms with Crippen LogP contribution < -0.4 is 5.73 Å². The minimum atomic E-state index is 0.455. The number of benzene rings is 1. The molecule has 3 rings (SSSR count). The average molecular weight is 271 g/mol. The Morgan fingerprint density at radius 1 is 1.32 bits per heavy atom. The number of rotatable bonds is 2. The van der Waals surface area contributed by atoms with Crippen molar-refractivity contribution in [3.63, 3.8) is 0 Å². The van der Waals surface area contributed by atoms with Crippen molar-refractivity contribution < 1.29 is 0 Å². The smallest absolute Gasteiger partial charge is 0.104 e. The van der Waals surface area contributed by atoms with E-state index in [1.165, 1.54) is 24.2 Å². The van der Waals surface area contributed by atoms with Crippen molar-refractivity contribution in [2.24, 2.45) is 5.73 Å². The Morgan fingerprint density at radius 3 is 2.84 bits per heavy atom. The van der Waals surface area contributed by atoms with Crippen molar-refractivity contribution in [3.05, 3.63) is 47.0 Å². The molecule has 1 aromatic heterocycles. The van der Waals surface area contributed by atoms with Gasteiger partial charge in [0.1, 0.15) is 4.99 Å². The Kier molecular flexibility index (Phi) is 3.11. The monoisotopic (exact) mass is 271 g/mol. The molecule has 0 bridgehead atoms. The van der Waals surface area contributed by atoms with Gasteiger partial charge < -0.3 is 10.3 Å². The number of thiocarbonyl (C=S) groups is 1. The molecule has 1 aromatic carbocycles. The molecule has 3 nitrogen and oxygen atoms in total. The first-order chi connectivity index (χ1) is 9.16. The summed E-state index contributed by atoms with van der Waals surface area (Å²) in [5, 5.41) is 0. The number of nitrogens with two attached hydrogens (primary N) is 1. The van der Waals surface area contributed by atoms with E-state index in [0.29, 0.717) is 4.99 Å². The maximum atomic E-state index is 5.71. The van der Waals surface area contributed by atoms with E-state index in [1.807, 2.05) is 19.3 Å². The molecule has 19 heavy (non-hydrogen) atoms. The average Bonchev–Trinajstić information content (AvgIpc) is 2.82. The van der Waals surface area contributed by atoms with Crippen LogP contribution in [0.4, 0.5) is 0 Å². The van der Waals surface area contributed by atoms with Gasteiger partial charge in [0.25, 0.3) is 0 Å². The van der Waals surface area contributed by atoms with Crippen molar-refractivity contribution in [1.82, 2.24) is 9.55 Å². The SMILES string of the molecule is Cc1cc(-n2cnc3c2CCCC3)ccc1C(N)=S. The van der Waals surface area contributed by atoms with E-state index >= 15 is 0 Å². The highest BCUT2D eigenvalue weighted by Gasteiger charge is 2.16. The highest BCUT2D eigenvalue weighted by Crippen LogP contribution is 2.24. The molecule has 0 fully saturated rings. The van der Waals surface area contributed by atoms with Crippen LogP contribution in [0.3, 0.4) is 0 Å². The summed E-state index contributed by atoms with van der Waals surface area (Å²) in [5.41, 5.74) is 11.5. The van der Waals surface area contributed by atoms with Crippen molar-refractivity contribution in [2.45, 2.75) is 32.6 Å². The van der Waals surface area contributed by atoms with E-state index in [2.05, 4.69) is 21.7 Å². The number of hydrogen-bond donors (Lipinski definition) is 1. The topological polar surface area (TPSA) is 43.8 Å². The molecule has 0 atom stereocenters. The molecule has 0 spiro atoms. The van der Waals surface area contributed by atoms with Gasteiger partial charge in [0.15, 0.2) is 0 Å². The van der Waals surface area contributed by atoms with Crippen LogP contribution in [0.2, 0.25) is 0 Å². The van der Waals surface area contributed by atoms with Crippen LogP contribution in [0.5, 0.6) is 0 Å². The van der Waals surface area contributed by atoms with Crippen molar-refractivity contribution in [3.8, 4) is 5.69 Å². The predicted octanol–water partition coefficient (Wildman–Crippen LogP) is 2.69. The summed E-state index contributed by atoms with van der Waals surface area (Å²) in [7, 11) is 0. The lowest BCUT2D eigenvalue weighted by Crippen LogP contribution is -2.12. The Morgan fingerprint density at radius 2 is 2.11 bits per heavy atom. The molecule has 4 heteroatoms. The lowest BCUT2D eigenvalue weighted by atomic mass is 10.0. The number of aromatic nitrogens is 2. The fourth-order valence-corrected chi connectivity index (χ4v) is 2.99. The molecule has 1 aliphatic carbocycles. The predicted molar refractivity (Wildman–Crippen MR) is 80.8 cm³/mol. The molecular formula is C15H17N3S. The fourth-order valence-electron chi connectivity index (χ4n) is 2.77. The van der Waals surface area contributed by atoms with E-state index in [0.717, 1.165) is 29.7 Å². The van der Waals surface area contributed by atoms with Gasteiger partial charge in [-0.1, -0.05) is 12.2 Å². The van der Waals surface area contributed by atoms with E-state index < -0.39 is 0 Å². The number of imidazole rings is 1. The van der Waals surface area contributed by atoms with E-state index in [1.54, 1.807) is 0 Å². The molecule has 0 saturated heterocycles. The number of aryl methyl sites for hydroxylation is 2. The third-order valence-corrected chi connectivity index (χ3v) is 4.00. The standard InChI is InChI=1S/C15H17N3S/c1-10-8-11(6-7-12(10)15(16)19)18-9-17-13-4-2-3-5-14(13)18/h6-9H,2-5H2,1H3,(H2,16,19). The van der Waals surface area contributed by atoms with Gasteiger partial charge in [0, 0.05) is 16.9 Å². The van der Waals surface area contributed by atoms with E-state index in [9.17, 15) is 0 Å². The molecular weight excluding hydrogens is 254 g/mol. The van der Waals surface area contributed by atoms with Crippen LogP contribution >= 0.6 is 12.2 Å². The lowest BCUT2D eigenvalue weighted by molar-refractivity contribution is 0.656. The van der Waals surface area contributed by atoms with Crippen LogP contribution in [0.15, 0.2) is 24.5 Å². The minimum Gasteiger partial charge on any atom is -0.389 e. The van der Waals surface area contributed by atoms with Gasteiger partial charge in [-0.15, -0.1) is 0 Å². The molecule has 0 radical (unpaired) electrons. The maximum absolute atomic E-state index is 5.71. The van der Waals surface area contributed by atoms with Gasteiger partial charge in [-0.05, 0) is 56.4 Å². The zero-order chi connectivity index (χ0) is 13.4. The zero-order valence-corrected chi connectivity index (χ0v) is 11.8. The molecule has 98 valence electrons. The largest absolute Gasteiger partial charge is 0.389 e. The molecule has 0 saturated carbocycles. The third kappa shape index (κ3) is 2.16. The molecule has 2 N–H and O–H groups in total. The highest BCUT2D eigenvalue weighted by atomic mass is 32.1. The Labute approximate surface area is 118 Å². The molecule has 0 unspecified atom stereocenters. The van der Waals surface area contributed by atoms with Gasteiger partial charge in [-0.2, -0.15) is 0 Å². The van der Waals surface area contributed by atoms with E-state index in [-0.39, 0.29) is 0 Å². The normalized spacial score (nSPS) is 14.2. The maximum Gasteiger partial charge on any atom is 0.104 e. The summed E-state index contributed by atoms with van der Waals surface area (Å²) in [4.78, 5) is 4.99. The first-order valence-electron chi connectivity index (χ1n) is 6.63.